The van der Waals surface area contributed by atoms with Gasteiger partial charge in [0.25, 0.3) is 0 Å². The molecule has 0 aliphatic rings. The molecule has 0 saturated carbocycles. The number of hydrogen-bond acceptors (Lipinski definition) is 4. The maximum absolute atomic E-state index is 14.1. The lowest BCUT2D eigenvalue weighted by Crippen LogP contribution is -2.17. The molecular formula is C16H21F2N3O2S. The predicted octanol–water partition coefficient (Wildman–Crippen LogP) is 3.24. The molecule has 0 radical (unpaired) electrons. The van der Waals surface area contributed by atoms with Crippen LogP contribution < -0.4 is 0 Å². The average Bonchev–Trinajstić information content (AvgIpc) is 2.91. The minimum Gasteiger partial charge on any atom is -0.228 e. The number of nitrogens with zero attached hydrogens (tertiary/aromatic N) is 3. The van der Waals surface area contributed by atoms with Gasteiger partial charge in [0.15, 0.2) is 21.5 Å². The molecule has 0 bridgehead atoms. The average molecular weight is 357 g/mol. The molecule has 0 aliphatic heterocycles. The van der Waals surface area contributed by atoms with Crippen molar-refractivity contribution in [1.29, 1.82) is 0 Å². The van der Waals surface area contributed by atoms with Crippen molar-refractivity contribution < 1.29 is 17.2 Å². The van der Waals surface area contributed by atoms with Gasteiger partial charge in [0, 0.05) is 18.2 Å². The van der Waals surface area contributed by atoms with Crippen molar-refractivity contribution in [2.45, 2.75) is 39.4 Å². The van der Waals surface area contributed by atoms with Crippen LogP contribution in [0.2, 0.25) is 0 Å². The van der Waals surface area contributed by atoms with Gasteiger partial charge in [-0.15, -0.1) is 0 Å². The van der Waals surface area contributed by atoms with Crippen molar-refractivity contribution >= 4 is 9.84 Å². The second kappa shape index (κ2) is 6.96. The van der Waals surface area contributed by atoms with Gasteiger partial charge in [0.2, 0.25) is 0 Å². The van der Waals surface area contributed by atoms with E-state index >= 15 is 0 Å². The number of aromatic nitrogens is 3. The Hall–Kier alpha value is -1.83. The molecular weight excluding hydrogens is 336 g/mol. The van der Waals surface area contributed by atoms with E-state index in [1.54, 1.807) is 0 Å². The molecule has 2 aromatic rings. The molecule has 0 aliphatic carbocycles. The van der Waals surface area contributed by atoms with Gasteiger partial charge < -0.3 is 0 Å². The molecule has 1 unspecified atom stereocenters. The van der Waals surface area contributed by atoms with Crippen LogP contribution in [-0.2, 0) is 16.3 Å². The van der Waals surface area contributed by atoms with E-state index in [1.807, 2.05) is 13.8 Å². The second-order valence-corrected chi connectivity index (χ2v) is 8.70. The molecule has 0 amide bonds. The van der Waals surface area contributed by atoms with E-state index in [9.17, 15) is 17.2 Å². The van der Waals surface area contributed by atoms with Crippen LogP contribution in [0.15, 0.2) is 18.2 Å². The first kappa shape index (κ1) is 18.5. The molecule has 5 nitrogen and oxygen atoms in total. The zero-order valence-corrected chi connectivity index (χ0v) is 14.9. The van der Waals surface area contributed by atoms with Crippen LogP contribution in [0, 0.1) is 17.6 Å². The molecule has 0 fully saturated rings. The third-order valence-corrected chi connectivity index (χ3v) is 5.80. The maximum atomic E-state index is 14.1. The summed E-state index contributed by atoms with van der Waals surface area (Å²) in [6.45, 7) is 6.95. The van der Waals surface area contributed by atoms with E-state index in [0.717, 1.165) is 22.9 Å². The molecule has 0 saturated heterocycles. The van der Waals surface area contributed by atoms with Gasteiger partial charge in [-0.3, -0.25) is 0 Å². The number of rotatable bonds is 6. The first-order valence-electron chi connectivity index (χ1n) is 7.78. The third kappa shape index (κ3) is 3.80. The van der Waals surface area contributed by atoms with E-state index in [1.165, 1.54) is 13.8 Å². The molecule has 132 valence electrons. The molecule has 24 heavy (non-hydrogen) atoms. The highest BCUT2D eigenvalue weighted by molar-refractivity contribution is 7.91. The van der Waals surface area contributed by atoms with Crippen molar-refractivity contribution in [1.82, 2.24) is 14.8 Å². The summed E-state index contributed by atoms with van der Waals surface area (Å²) in [4.78, 5) is 4.30. The van der Waals surface area contributed by atoms with Crippen molar-refractivity contribution in [3.05, 3.63) is 41.5 Å². The topological polar surface area (TPSA) is 64.8 Å². The molecule has 1 atom stereocenters. The fraction of sp³-hybridized carbons (Fsp3) is 0.500. The highest BCUT2D eigenvalue weighted by atomic mass is 32.2. The number of halogens is 2. The third-order valence-electron chi connectivity index (χ3n) is 3.71. The monoisotopic (exact) mass is 357 g/mol. The molecule has 0 spiro atoms. The molecule has 1 aromatic heterocycles. The van der Waals surface area contributed by atoms with Gasteiger partial charge in [-0.05, 0) is 25.0 Å². The number of hydrogen-bond donors (Lipinski definition) is 0. The summed E-state index contributed by atoms with van der Waals surface area (Å²) >= 11 is 0. The SMILES string of the molecule is CCS(=O)(=O)C(C)c1nc(CC(C)C)nn1-c1cc(F)ccc1F. The smallest absolute Gasteiger partial charge is 0.159 e. The van der Waals surface area contributed by atoms with Gasteiger partial charge >= 0.3 is 0 Å². The van der Waals surface area contributed by atoms with E-state index in [0.29, 0.717) is 12.2 Å². The van der Waals surface area contributed by atoms with E-state index in [-0.39, 0.29) is 23.2 Å². The van der Waals surface area contributed by atoms with Crippen LogP contribution in [0.25, 0.3) is 5.69 Å². The maximum Gasteiger partial charge on any atom is 0.159 e. The lowest BCUT2D eigenvalue weighted by molar-refractivity contribution is 0.570. The van der Waals surface area contributed by atoms with Crippen molar-refractivity contribution in [3.63, 3.8) is 0 Å². The van der Waals surface area contributed by atoms with Gasteiger partial charge in [0.05, 0.1) is 0 Å². The van der Waals surface area contributed by atoms with E-state index < -0.39 is 26.7 Å². The first-order chi connectivity index (χ1) is 11.2. The van der Waals surface area contributed by atoms with E-state index in [2.05, 4.69) is 10.1 Å². The van der Waals surface area contributed by atoms with Crippen LogP contribution >= 0.6 is 0 Å². The summed E-state index contributed by atoms with van der Waals surface area (Å²) in [6, 6.07) is 2.96. The summed E-state index contributed by atoms with van der Waals surface area (Å²) < 4.78 is 53.2. The quantitative estimate of drug-likeness (QED) is 0.796. The summed E-state index contributed by atoms with van der Waals surface area (Å²) in [5, 5.41) is 3.25. The van der Waals surface area contributed by atoms with Crippen molar-refractivity contribution in [2.75, 3.05) is 5.75 Å². The number of sulfone groups is 1. The zero-order chi connectivity index (χ0) is 18.1. The minimum atomic E-state index is -3.46. The summed E-state index contributed by atoms with van der Waals surface area (Å²) in [5.41, 5.74) is -0.148. The molecule has 1 aromatic carbocycles. The summed E-state index contributed by atoms with van der Waals surface area (Å²) in [5.74, 6) is -0.668. The van der Waals surface area contributed by atoms with Crippen LogP contribution in [0.3, 0.4) is 0 Å². The second-order valence-electron chi connectivity index (χ2n) is 6.09. The van der Waals surface area contributed by atoms with Gasteiger partial charge in [-0.2, -0.15) is 5.10 Å². The Morgan fingerprint density at radius 2 is 1.88 bits per heavy atom. The van der Waals surface area contributed by atoms with Gasteiger partial charge in [-0.1, -0.05) is 20.8 Å². The Balaban J connectivity index is 2.65. The van der Waals surface area contributed by atoms with Crippen LogP contribution in [-0.4, -0.2) is 28.9 Å². The Morgan fingerprint density at radius 1 is 1.21 bits per heavy atom. The largest absolute Gasteiger partial charge is 0.228 e. The van der Waals surface area contributed by atoms with Crippen molar-refractivity contribution in [3.8, 4) is 5.69 Å². The van der Waals surface area contributed by atoms with Gasteiger partial charge in [-0.25, -0.2) is 26.9 Å². The zero-order valence-electron chi connectivity index (χ0n) is 14.1. The first-order valence-corrected chi connectivity index (χ1v) is 9.50. The predicted molar refractivity (Wildman–Crippen MR) is 87.7 cm³/mol. The Morgan fingerprint density at radius 3 is 2.46 bits per heavy atom. The highest BCUT2D eigenvalue weighted by Crippen LogP contribution is 2.25. The molecule has 0 N–H and O–H groups in total. The minimum absolute atomic E-state index is 0.0772. The van der Waals surface area contributed by atoms with Crippen molar-refractivity contribution in [2.24, 2.45) is 5.92 Å². The Bertz CT molecular complexity index is 832. The lowest BCUT2D eigenvalue weighted by atomic mass is 10.1. The number of benzene rings is 1. The molecule has 1 heterocycles. The van der Waals surface area contributed by atoms with Crippen LogP contribution in [0.5, 0.6) is 0 Å². The van der Waals surface area contributed by atoms with Crippen LogP contribution in [0.4, 0.5) is 8.78 Å². The summed E-state index contributed by atoms with van der Waals surface area (Å²) in [6.07, 6.45) is 0.510. The fourth-order valence-corrected chi connectivity index (χ4v) is 3.29. The highest BCUT2D eigenvalue weighted by Gasteiger charge is 2.28. The molecule has 8 heteroatoms. The van der Waals surface area contributed by atoms with Crippen LogP contribution in [0.1, 0.15) is 44.6 Å². The van der Waals surface area contributed by atoms with E-state index in [4.69, 9.17) is 0 Å². The summed E-state index contributed by atoms with van der Waals surface area (Å²) in [7, 11) is -3.46. The fourth-order valence-electron chi connectivity index (χ4n) is 2.32. The standard InChI is InChI=1S/C16H21F2N3O2S/c1-5-24(22,23)11(4)16-19-15(8-10(2)3)20-21(16)14-9-12(17)6-7-13(14)18/h6-7,9-11H,5,8H2,1-4H3. The molecule has 2 rings (SSSR count). The lowest BCUT2D eigenvalue weighted by Gasteiger charge is -2.13. The van der Waals surface area contributed by atoms with Gasteiger partial charge in [0.1, 0.15) is 22.6 Å². The normalized spacial score (nSPS) is 13.5. The Labute approximate surface area is 140 Å². The Kier molecular flexibility index (Phi) is 5.37.